The largest absolute Gasteiger partial charge is 0.497 e. The third-order valence-corrected chi connectivity index (χ3v) is 5.61. The molecule has 0 aromatic carbocycles. The number of likely N-dealkylation sites (tertiary alicyclic amines) is 1. The fraction of sp³-hybridized carbons (Fsp3) is 0.409. The smallest absolute Gasteiger partial charge is 0.251 e. The first-order valence-corrected chi connectivity index (χ1v) is 10.7. The van der Waals surface area contributed by atoms with Gasteiger partial charge in [-0.15, -0.1) is 0 Å². The molecule has 0 aliphatic carbocycles. The Balaban J connectivity index is 1.55. The Morgan fingerprint density at radius 2 is 2.13 bits per heavy atom. The molecule has 0 radical (unpaired) electrons. The maximum absolute atomic E-state index is 12.5. The number of pyridine rings is 1. The highest BCUT2D eigenvalue weighted by Gasteiger charge is 2.19. The molecule has 1 fully saturated rings. The summed E-state index contributed by atoms with van der Waals surface area (Å²) in [6.07, 6.45) is 8.65. The second-order valence-corrected chi connectivity index (χ2v) is 7.84. The van der Waals surface area contributed by atoms with Crippen molar-refractivity contribution in [2.75, 3.05) is 32.5 Å². The van der Waals surface area contributed by atoms with Gasteiger partial charge in [0.15, 0.2) is 0 Å². The van der Waals surface area contributed by atoms with E-state index >= 15 is 0 Å². The predicted octanol–water partition coefficient (Wildman–Crippen LogP) is 2.30. The number of allylic oxidation sites excluding steroid dienone is 1. The van der Waals surface area contributed by atoms with Gasteiger partial charge in [0.05, 0.1) is 30.4 Å². The molecular formula is C22H29ClN6O2. The van der Waals surface area contributed by atoms with Gasteiger partial charge in [-0.05, 0) is 38.1 Å². The highest BCUT2D eigenvalue weighted by Crippen LogP contribution is 2.16. The molecular weight excluding hydrogens is 416 g/mol. The minimum Gasteiger partial charge on any atom is -0.497 e. The molecule has 0 atom stereocenters. The van der Waals surface area contributed by atoms with Crippen molar-refractivity contribution in [1.82, 2.24) is 24.8 Å². The van der Waals surface area contributed by atoms with E-state index in [-0.39, 0.29) is 5.56 Å². The maximum Gasteiger partial charge on any atom is 0.251 e. The summed E-state index contributed by atoms with van der Waals surface area (Å²) < 4.78 is 6.95. The molecule has 1 aliphatic heterocycles. The van der Waals surface area contributed by atoms with Crippen LogP contribution in [-0.2, 0) is 17.8 Å². The van der Waals surface area contributed by atoms with Crippen molar-refractivity contribution in [1.29, 1.82) is 0 Å². The molecule has 0 bridgehead atoms. The maximum atomic E-state index is 12.5. The molecule has 9 heteroatoms. The zero-order valence-corrected chi connectivity index (χ0v) is 18.5. The number of anilines is 1. The van der Waals surface area contributed by atoms with Gasteiger partial charge in [-0.25, -0.2) is 4.98 Å². The van der Waals surface area contributed by atoms with Gasteiger partial charge in [-0.1, -0.05) is 18.2 Å². The second-order valence-electron chi connectivity index (χ2n) is 7.45. The molecule has 3 N–H and O–H groups in total. The van der Waals surface area contributed by atoms with Gasteiger partial charge < -0.3 is 25.3 Å². The quantitative estimate of drug-likeness (QED) is 0.452. The van der Waals surface area contributed by atoms with Crippen LogP contribution in [0.3, 0.4) is 0 Å². The SMILES string of the molecule is C=C/C(=C\c1c(N)ccc(=O)n1CCN1CCC(NCc2cncc(Cl)n2)CC1)OC. The number of halogens is 1. The minimum atomic E-state index is -0.0841. The molecule has 31 heavy (non-hydrogen) atoms. The molecule has 0 saturated carbocycles. The molecule has 3 heterocycles. The summed E-state index contributed by atoms with van der Waals surface area (Å²) in [5.74, 6) is 0.558. The highest BCUT2D eigenvalue weighted by molar-refractivity contribution is 6.29. The van der Waals surface area contributed by atoms with Crippen molar-refractivity contribution in [2.45, 2.75) is 32.0 Å². The van der Waals surface area contributed by atoms with Crippen molar-refractivity contribution < 1.29 is 4.74 Å². The van der Waals surface area contributed by atoms with Crippen molar-refractivity contribution >= 4 is 23.4 Å². The predicted molar refractivity (Wildman–Crippen MR) is 124 cm³/mol. The van der Waals surface area contributed by atoms with E-state index in [0.717, 1.165) is 38.2 Å². The molecule has 2 aromatic heterocycles. The van der Waals surface area contributed by atoms with E-state index in [4.69, 9.17) is 22.1 Å². The molecule has 0 amide bonds. The van der Waals surface area contributed by atoms with Crippen molar-refractivity contribution in [3.05, 3.63) is 69.8 Å². The first-order valence-electron chi connectivity index (χ1n) is 10.3. The summed E-state index contributed by atoms with van der Waals surface area (Å²) in [5.41, 5.74) is 8.06. The van der Waals surface area contributed by atoms with Crippen LogP contribution < -0.4 is 16.6 Å². The molecule has 2 aromatic rings. The van der Waals surface area contributed by atoms with Crippen LogP contribution in [0.1, 0.15) is 24.2 Å². The van der Waals surface area contributed by atoms with Crippen molar-refractivity contribution in [2.24, 2.45) is 0 Å². The number of rotatable bonds is 9. The Morgan fingerprint density at radius 1 is 1.35 bits per heavy atom. The molecule has 3 rings (SSSR count). The average molecular weight is 445 g/mol. The van der Waals surface area contributed by atoms with E-state index < -0.39 is 0 Å². The normalized spacial score (nSPS) is 15.7. The van der Waals surface area contributed by atoms with E-state index in [1.54, 1.807) is 36.1 Å². The summed E-state index contributed by atoms with van der Waals surface area (Å²) >= 11 is 5.89. The van der Waals surface area contributed by atoms with Crippen LogP contribution in [0.15, 0.2) is 47.7 Å². The number of nitrogen functional groups attached to an aromatic ring is 1. The number of nitrogens with zero attached hydrogens (tertiary/aromatic N) is 4. The Morgan fingerprint density at radius 3 is 2.81 bits per heavy atom. The van der Waals surface area contributed by atoms with E-state index in [1.165, 1.54) is 12.3 Å². The number of hydrogen-bond acceptors (Lipinski definition) is 7. The standard InChI is InChI=1S/C22H29ClN6O2/c1-3-18(31-2)12-20-19(24)4-5-22(30)29(20)11-10-28-8-6-16(7-9-28)26-14-17-13-25-15-21(23)27-17/h3-5,12-13,15-16,26H,1,6-11,14,24H2,2H3/b18-12+. The summed E-state index contributed by atoms with van der Waals surface area (Å²) in [6.45, 7) is 7.61. The van der Waals surface area contributed by atoms with Crippen LogP contribution in [0.25, 0.3) is 6.08 Å². The van der Waals surface area contributed by atoms with E-state index in [9.17, 15) is 4.79 Å². The average Bonchev–Trinajstić information content (AvgIpc) is 2.78. The Hall–Kier alpha value is -2.68. The molecule has 0 spiro atoms. The lowest BCUT2D eigenvalue weighted by Gasteiger charge is -2.32. The fourth-order valence-electron chi connectivity index (χ4n) is 3.65. The van der Waals surface area contributed by atoms with Gasteiger partial charge in [-0.2, -0.15) is 0 Å². The first kappa shape index (κ1) is 23.0. The summed E-state index contributed by atoms with van der Waals surface area (Å²) in [7, 11) is 1.56. The van der Waals surface area contributed by atoms with Crippen molar-refractivity contribution in [3.63, 3.8) is 0 Å². The van der Waals surface area contributed by atoms with Gasteiger partial charge in [0.1, 0.15) is 10.9 Å². The Kier molecular flexibility index (Phi) is 8.22. The summed E-state index contributed by atoms with van der Waals surface area (Å²) in [4.78, 5) is 23.2. The number of nitrogens with two attached hydrogens (primary N) is 1. The number of ether oxygens (including phenoxy) is 1. The van der Waals surface area contributed by atoms with E-state index in [1.807, 2.05) is 0 Å². The van der Waals surface area contributed by atoms with Crippen LogP contribution in [0.5, 0.6) is 0 Å². The zero-order valence-electron chi connectivity index (χ0n) is 17.8. The number of nitrogens with one attached hydrogen (secondary N) is 1. The number of hydrogen-bond donors (Lipinski definition) is 2. The first-order chi connectivity index (χ1) is 15.0. The molecule has 1 saturated heterocycles. The topological polar surface area (TPSA) is 98.3 Å². The lowest BCUT2D eigenvalue weighted by Crippen LogP contribution is -2.43. The van der Waals surface area contributed by atoms with E-state index in [0.29, 0.717) is 41.4 Å². The lowest BCUT2D eigenvalue weighted by molar-refractivity contribution is 0.190. The minimum absolute atomic E-state index is 0.0841. The number of piperidine rings is 1. The van der Waals surface area contributed by atoms with Crippen LogP contribution in [0, 0.1) is 0 Å². The third kappa shape index (κ3) is 6.40. The Labute approximate surface area is 187 Å². The van der Waals surface area contributed by atoms with Gasteiger partial charge in [0, 0.05) is 44.0 Å². The molecule has 0 unspecified atom stereocenters. The van der Waals surface area contributed by atoms with E-state index in [2.05, 4.69) is 26.8 Å². The van der Waals surface area contributed by atoms with Crippen LogP contribution >= 0.6 is 11.6 Å². The lowest BCUT2D eigenvalue weighted by atomic mass is 10.0. The Bertz CT molecular complexity index is 982. The molecule has 1 aliphatic rings. The van der Waals surface area contributed by atoms with Crippen LogP contribution in [-0.4, -0.2) is 52.2 Å². The zero-order chi connectivity index (χ0) is 22.2. The van der Waals surface area contributed by atoms with Gasteiger partial charge in [-0.3, -0.25) is 9.78 Å². The van der Waals surface area contributed by atoms with Crippen molar-refractivity contribution in [3.8, 4) is 0 Å². The van der Waals surface area contributed by atoms with Crippen LogP contribution in [0.2, 0.25) is 5.15 Å². The van der Waals surface area contributed by atoms with Gasteiger partial charge in [0.2, 0.25) is 0 Å². The summed E-state index contributed by atoms with van der Waals surface area (Å²) in [5, 5.41) is 3.94. The molecule has 8 nitrogen and oxygen atoms in total. The second kappa shape index (κ2) is 11.1. The van der Waals surface area contributed by atoms with Gasteiger partial charge in [0.25, 0.3) is 5.56 Å². The van der Waals surface area contributed by atoms with Crippen LogP contribution in [0.4, 0.5) is 5.69 Å². The number of aromatic nitrogens is 3. The summed E-state index contributed by atoms with van der Waals surface area (Å²) in [6, 6.07) is 3.55. The fourth-order valence-corrected chi connectivity index (χ4v) is 3.82. The number of methoxy groups -OCH3 is 1. The monoisotopic (exact) mass is 444 g/mol. The van der Waals surface area contributed by atoms with Gasteiger partial charge >= 0.3 is 0 Å². The third-order valence-electron chi connectivity index (χ3n) is 5.43. The highest BCUT2D eigenvalue weighted by atomic mass is 35.5. The molecule has 166 valence electrons.